The fourth-order valence-electron chi connectivity index (χ4n) is 1.67. The molecule has 6 heteroatoms. The van der Waals surface area contributed by atoms with Crippen LogP contribution in [0.3, 0.4) is 0 Å². The third-order valence-corrected chi connectivity index (χ3v) is 4.54. The average molecular weight is 352 g/mol. The zero-order valence-electron chi connectivity index (χ0n) is 12.5. The third-order valence-electron chi connectivity index (χ3n) is 3.04. The molecular formula is C16H18ClN3S2. The minimum atomic E-state index is 0.337. The number of thiocarbonyl (C=S) groups is 1. The first-order chi connectivity index (χ1) is 10.6. The van der Waals surface area contributed by atoms with E-state index in [0.717, 1.165) is 27.1 Å². The molecule has 3 nitrogen and oxygen atoms in total. The van der Waals surface area contributed by atoms with E-state index in [9.17, 15) is 0 Å². The number of aromatic nitrogens is 1. The van der Waals surface area contributed by atoms with Crippen molar-refractivity contribution in [3.05, 3.63) is 47.6 Å². The van der Waals surface area contributed by atoms with Crippen molar-refractivity contribution in [2.24, 2.45) is 0 Å². The number of nitrogens with one attached hydrogen (secondary N) is 2. The lowest BCUT2D eigenvalue weighted by atomic mass is 10.3. The van der Waals surface area contributed by atoms with Gasteiger partial charge >= 0.3 is 0 Å². The monoisotopic (exact) mass is 351 g/mol. The van der Waals surface area contributed by atoms with E-state index < -0.39 is 0 Å². The summed E-state index contributed by atoms with van der Waals surface area (Å²) < 4.78 is 0. The fourth-order valence-corrected chi connectivity index (χ4v) is 2.94. The summed E-state index contributed by atoms with van der Waals surface area (Å²) in [7, 11) is 0. The van der Waals surface area contributed by atoms with E-state index in [4.69, 9.17) is 23.8 Å². The maximum Gasteiger partial charge on any atom is 0.171 e. The van der Waals surface area contributed by atoms with Gasteiger partial charge < -0.3 is 10.6 Å². The van der Waals surface area contributed by atoms with Gasteiger partial charge in [0.2, 0.25) is 0 Å². The lowest BCUT2D eigenvalue weighted by Crippen LogP contribution is -2.35. The molecule has 0 saturated heterocycles. The lowest BCUT2D eigenvalue weighted by Gasteiger charge is -2.16. The van der Waals surface area contributed by atoms with Gasteiger partial charge in [-0.1, -0.05) is 30.3 Å². The van der Waals surface area contributed by atoms with Gasteiger partial charge in [-0.15, -0.1) is 0 Å². The lowest BCUT2D eigenvalue weighted by molar-refractivity contribution is 0.646. The van der Waals surface area contributed by atoms with Crippen molar-refractivity contribution < 1.29 is 0 Å². The van der Waals surface area contributed by atoms with Crippen molar-refractivity contribution in [3.8, 4) is 0 Å². The molecule has 2 rings (SSSR count). The Kier molecular flexibility index (Phi) is 6.49. The molecule has 0 aliphatic rings. The standard InChI is InChI=1S/C16H18ClN3S2/c1-3-11(2)19-16(21)20-14-5-4-10-18-15(14)22-13-8-6-12(17)7-9-13/h4-11H,3H2,1-2H3,(H2,19,20,21)/t11-/m1/s1. The van der Waals surface area contributed by atoms with Gasteiger partial charge in [0, 0.05) is 22.2 Å². The molecule has 0 spiro atoms. The van der Waals surface area contributed by atoms with E-state index in [0.29, 0.717) is 11.2 Å². The molecule has 0 fully saturated rings. The average Bonchev–Trinajstić information content (AvgIpc) is 2.51. The Balaban J connectivity index is 2.09. The number of rotatable bonds is 5. The second kappa shape index (κ2) is 8.36. The maximum absolute atomic E-state index is 5.91. The van der Waals surface area contributed by atoms with Crippen molar-refractivity contribution in [3.63, 3.8) is 0 Å². The summed E-state index contributed by atoms with van der Waals surface area (Å²) >= 11 is 12.8. The number of hydrogen-bond donors (Lipinski definition) is 2. The molecule has 1 aromatic heterocycles. The Morgan fingerprint density at radius 1 is 1.32 bits per heavy atom. The number of anilines is 1. The summed E-state index contributed by atoms with van der Waals surface area (Å²) in [6, 6.07) is 11.9. The first-order valence-corrected chi connectivity index (χ1v) is 8.64. The van der Waals surface area contributed by atoms with Gasteiger partial charge in [-0.3, -0.25) is 0 Å². The van der Waals surface area contributed by atoms with Crippen molar-refractivity contribution in [2.45, 2.75) is 36.2 Å². The Hall–Kier alpha value is -1.30. The number of halogens is 1. The second-order valence-corrected chi connectivity index (χ2v) is 6.73. The Labute approximate surface area is 145 Å². The molecule has 1 heterocycles. The van der Waals surface area contributed by atoms with Crippen LogP contribution in [0.15, 0.2) is 52.5 Å². The summed E-state index contributed by atoms with van der Waals surface area (Å²) in [6.45, 7) is 4.22. The molecule has 0 bridgehead atoms. The highest BCUT2D eigenvalue weighted by Gasteiger charge is 2.08. The Morgan fingerprint density at radius 2 is 2.05 bits per heavy atom. The molecule has 2 N–H and O–H groups in total. The quantitative estimate of drug-likeness (QED) is 0.744. The van der Waals surface area contributed by atoms with Crippen LogP contribution in [0.1, 0.15) is 20.3 Å². The summed E-state index contributed by atoms with van der Waals surface area (Å²) in [6.07, 6.45) is 2.79. The van der Waals surface area contributed by atoms with Crippen molar-refractivity contribution in [2.75, 3.05) is 5.32 Å². The van der Waals surface area contributed by atoms with Gasteiger partial charge in [0.15, 0.2) is 5.11 Å². The molecule has 0 aliphatic carbocycles. The summed E-state index contributed by atoms with van der Waals surface area (Å²) in [5, 5.41) is 8.67. The molecule has 116 valence electrons. The van der Waals surface area contributed by atoms with Crippen LogP contribution in [-0.2, 0) is 0 Å². The molecule has 2 aromatic rings. The predicted molar refractivity (Wildman–Crippen MR) is 98.9 cm³/mol. The first kappa shape index (κ1) is 17.1. The van der Waals surface area contributed by atoms with Gasteiger partial charge in [0.05, 0.1) is 5.69 Å². The van der Waals surface area contributed by atoms with Gasteiger partial charge in [-0.05, 0) is 62.0 Å². The number of nitrogens with zero attached hydrogens (tertiary/aromatic N) is 1. The smallest absolute Gasteiger partial charge is 0.171 e. The molecule has 1 aromatic carbocycles. The maximum atomic E-state index is 5.91. The number of hydrogen-bond acceptors (Lipinski definition) is 3. The summed E-state index contributed by atoms with van der Waals surface area (Å²) in [4.78, 5) is 5.50. The topological polar surface area (TPSA) is 37.0 Å². The normalized spacial score (nSPS) is 11.8. The van der Waals surface area contributed by atoms with E-state index in [1.54, 1.807) is 18.0 Å². The summed E-state index contributed by atoms with van der Waals surface area (Å²) in [5.41, 5.74) is 0.892. The fraction of sp³-hybridized carbons (Fsp3) is 0.250. The van der Waals surface area contributed by atoms with Crippen LogP contribution in [0.2, 0.25) is 5.02 Å². The molecule has 0 aliphatic heterocycles. The second-order valence-electron chi connectivity index (χ2n) is 4.82. The third kappa shape index (κ3) is 5.16. The van der Waals surface area contributed by atoms with Crippen LogP contribution >= 0.6 is 35.6 Å². The molecule has 0 saturated carbocycles. The van der Waals surface area contributed by atoms with E-state index in [-0.39, 0.29) is 0 Å². The van der Waals surface area contributed by atoms with Gasteiger partial charge in [-0.2, -0.15) is 0 Å². The van der Waals surface area contributed by atoms with E-state index in [1.807, 2.05) is 36.4 Å². The zero-order valence-corrected chi connectivity index (χ0v) is 14.9. The summed E-state index contributed by atoms with van der Waals surface area (Å²) in [5.74, 6) is 0. The molecule has 0 radical (unpaired) electrons. The molecule has 22 heavy (non-hydrogen) atoms. The van der Waals surface area contributed by atoms with E-state index in [2.05, 4.69) is 29.5 Å². The predicted octanol–water partition coefficient (Wildman–Crippen LogP) is 4.97. The van der Waals surface area contributed by atoms with Crippen LogP contribution in [-0.4, -0.2) is 16.1 Å². The van der Waals surface area contributed by atoms with Crippen LogP contribution < -0.4 is 10.6 Å². The van der Waals surface area contributed by atoms with Crippen LogP contribution in [0.5, 0.6) is 0 Å². The largest absolute Gasteiger partial charge is 0.360 e. The highest BCUT2D eigenvalue weighted by molar-refractivity contribution is 7.99. The highest BCUT2D eigenvalue weighted by atomic mass is 35.5. The van der Waals surface area contributed by atoms with E-state index in [1.165, 1.54) is 0 Å². The van der Waals surface area contributed by atoms with Gasteiger partial charge in [0.25, 0.3) is 0 Å². The molecule has 1 atom stereocenters. The van der Waals surface area contributed by atoms with Crippen molar-refractivity contribution >= 4 is 46.4 Å². The number of benzene rings is 1. The molecule has 0 unspecified atom stereocenters. The van der Waals surface area contributed by atoms with Crippen LogP contribution in [0.25, 0.3) is 0 Å². The number of pyridine rings is 1. The Morgan fingerprint density at radius 3 is 2.73 bits per heavy atom. The van der Waals surface area contributed by atoms with Crippen LogP contribution in [0.4, 0.5) is 5.69 Å². The SMILES string of the molecule is CC[C@@H](C)NC(=S)Nc1cccnc1Sc1ccc(Cl)cc1. The zero-order chi connectivity index (χ0) is 15.9. The molecular weight excluding hydrogens is 334 g/mol. The van der Waals surface area contributed by atoms with Gasteiger partial charge in [0.1, 0.15) is 5.03 Å². The van der Waals surface area contributed by atoms with E-state index >= 15 is 0 Å². The van der Waals surface area contributed by atoms with Crippen molar-refractivity contribution in [1.82, 2.24) is 10.3 Å². The van der Waals surface area contributed by atoms with Crippen molar-refractivity contribution in [1.29, 1.82) is 0 Å². The Bertz CT molecular complexity index is 632. The van der Waals surface area contributed by atoms with Crippen LogP contribution in [0, 0.1) is 0 Å². The minimum Gasteiger partial charge on any atom is -0.360 e. The first-order valence-electron chi connectivity index (χ1n) is 7.04. The van der Waals surface area contributed by atoms with Gasteiger partial charge in [-0.25, -0.2) is 4.98 Å². The molecule has 0 amide bonds. The minimum absolute atomic E-state index is 0.337. The highest BCUT2D eigenvalue weighted by Crippen LogP contribution is 2.32.